The second kappa shape index (κ2) is 7.17. The van der Waals surface area contributed by atoms with Crippen LogP contribution in [0.2, 0.25) is 0 Å². The van der Waals surface area contributed by atoms with Gasteiger partial charge in [0.1, 0.15) is 9.71 Å². The number of rotatable bonds is 4. The lowest BCUT2D eigenvalue weighted by Gasteiger charge is -2.07. The van der Waals surface area contributed by atoms with Crippen LogP contribution in [-0.2, 0) is 4.74 Å². The van der Waals surface area contributed by atoms with Crippen LogP contribution in [0.15, 0.2) is 60.7 Å². The quantitative estimate of drug-likeness (QED) is 0.519. The van der Waals surface area contributed by atoms with E-state index < -0.39 is 5.97 Å². The first kappa shape index (κ1) is 17.2. The highest BCUT2D eigenvalue weighted by molar-refractivity contribution is 7.21. The van der Waals surface area contributed by atoms with Gasteiger partial charge in [-0.05, 0) is 6.92 Å². The second-order valence-electron chi connectivity index (χ2n) is 5.87. The van der Waals surface area contributed by atoms with Crippen molar-refractivity contribution in [2.24, 2.45) is 0 Å². The minimum Gasteiger partial charge on any atom is -0.462 e. The number of nitrogens with zero attached hydrogens (tertiary/aromatic N) is 2. The van der Waals surface area contributed by atoms with E-state index in [9.17, 15) is 4.79 Å². The van der Waals surface area contributed by atoms with Gasteiger partial charge in [-0.15, -0.1) is 11.3 Å². The molecular weight excluding hydrogens is 358 g/mol. The summed E-state index contributed by atoms with van der Waals surface area (Å²) < 4.78 is 5.14. The molecule has 0 aliphatic rings. The Morgan fingerprint density at radius 3 is 2.26 bits per heavy atom. The van der Waals surface area contributed by atoms with Crippen LogP contribution in [0.5, 0.6) is 0 Å². The zero-order valence-electron chi connectivity index (χ0n) is 14.7. The number of aromatic nitrogens is 2. The lowest BCUT2D eigenvalue weighted by atomic mass is 10.1. The summed E-state index contributed by atoms with van der Waals surface area (Å²) in [5.74, 6) is 0.164. The molecule has 2 aromatic heterocycles. The summed E-state index contributed by atoms with van der Waals surface area (Å²) in [6, 6.07) is 19.5. The number of benzene rings is 2. The van der Waals surface area contributed by atoms with Gasteiger partial charge in [-0.2, -0.15) is 0 Å². The Morgan fingerprint density at radius 2 is 1.63 bits per heavy atom. The van der Waals surface area contributed by atoms with Gasteiger partial charge in [0, 0.05) is 11.1 Å². The summed E-state index contributed by atoms with van der Waals surface area (Å²) in [7, 11) is 0. The number of carbonyl (C=O) groups excluding carboxylic acids is 1. The fourth-order valence-electron chi connectivity index (χ4n) is 2.89. The summed E-state index contributed by atoms with van der Waals surface area (Å²) in [4.78, 5) is 22.8. The standard InChI is InChI=1S/C21H17N3O2S/c1-2-26-21(25)18-16(22)15-17(13-9-5-3-6-10-13)23-19(24-20(15)27-18)14-11-7-4-8-12-14/h3-12H,2,22H2,1H3. The van der Waals surface area contributed by atoms with E-state index in [1.165, 1.54) is 11.3 Å². The Labute approximate surface area is 160 Å². The van der Waals surface area contributed by atoms with Crippen molar-refractivity contribution in [3.63, 3.8) is 0 Å². The molecule has 0 unspecified atom stereocenters. The normalized spacial score (nSPS) is 10.9. The molecule has 2 aromatic carbocycles. The number of ether oxygens (including phenoxy) is 1. The summed E-state index contributed by atoms with van der Waals surface area (Å²) in [5.41, 5.74) is 9.23. The predicted molar refractivity (Wildman–Crippen MR) is 109 cm³/mol. The molecule has 0 amide bonds. The van der Waals surface area contributed by atoms with E-state index in [1.54, 1.807) is 6.92 Å². The number of fused-ring (bicyclic) bond motifs is 1. The predicted octanol–water partition coefficient (Wildman–Crippen LogP) is 4.78. The Balaban J connectivity index is 2.01. The number of thiophene rings is 1. The first-order valence-corrected chi connectivity index (χ1v) is 9.38. The van der Waals surface area contributed by atoms with E-state index in [2.05, 4.69) is 4.98 Å². The number of hydrogen-bond acceptors (Lipinski definition) is 6. The van der Waals surface area contributed by atoms with Gasteiger partial charge in [0.05, 0.1) is 23.4 Å². The summed E-state index contributed by atoms with van der Waals surface area (Å²) >= 11 is 1.24. The third-order valence-corrected chi connectivity index (χ3v) is 5.21. The summed E-state index contributed by atoms with van der Waals surface area (Å²) in [6.45, 7) is 2.06. The van der Waals surface area contributed by atoms with Crippen LogP contribution in [-0.4, -0.2) is 22.5 Å². The second-order valence-corrected chi connectivity index (χ2v) is 6.87. The largest absolute Gasteiger partial charge is 0.462 e. The van der Waals surface area contributed by atoms with Crippen molar-refractivity contribution in [3.8, 4) is 22.6 Å². The Bertz CT molecular complexity index is 1110. The van der Waals surface area contributed by atoms with Gasteiger partial charge in [0.15, 0.2) is 5.82 Å². The van der Waals surface area contributed by atoms with Crippen molar-refractivity contribution in [1.29, 1.82) is 0 Å². The van der Waals surface area contributed by atoms with Crippen molar-refractivity contribution in [1.82, 2.24) is 9.97 Å². The Kier molecular flexibility index (Phi) is 4.56. The van der Waals surface area contributed by atoms with Gasteiger partial charge in [-0.25, -0.2) is 14.8 Å². The molecule has 0 bridgehead atoms. The first-order valence-electron chi connectivity index (χ1n) is 8.57. The lowest BCUT2D eigenvalue weighted by Crippen LogP contribution is -2.05. The molecule has 4 rings (SSSR count). The molecule has 0 saturated heterocycles. The first-order chi connectivity index (χ1) is 13.2. The molecule has 0 atom stereocenters. The van der Waals surface area contributed by atoms with Crippen molar-refractivity contribution in [3.05, 3.63) is 65.5 Å². The number of nitrogen functional groups attached to an aromatic ring is 1. The van der Waals surface area contributed by atoms with E-state index >= 15 is 0 Å². The fraction of sp³-hybridized carbons (Fsp3) is 0.0952. The molecule has 2 N–H and O–H groups in total. The van der Waals surface area contributed by atoms with Gasteiger partial charge in [-0.3, -0.25) is 0 Å². The highest BCUT2D eigenvalue weighted by Gasteiger charge is 2.23. The molecule has 4 aromatic rings. The number of carbonyl (C=O) groups is 1. The van der Waals surface area contributed by atoms with Gasteiger partial charge >= 0.3 is 5.97 Å². The fourth-order valence-corrected chi connectivity index (χ4v) is 3.88. The van der Waals surface area contributed by atoms with Crippen molar-refractivity contribution in [2.45, 2.75) is 6.92 Å². The van der Waals surface area contributed by atoms with Crippen molar-refractivity contribution in [2.75, 3.05) is 12.3 Å². The van der Waals surface area contributed by atoms with Gasteiger partial charge in [-0.1, -0.05) is 60.7 Å². The lowest BCUT2D eigenvalue weighted by molar-refractivity contribution is 0.0533. The maximum absolute atomic E-state index is 12.3. The molecule has 0 radical (unpaired) electrons. The molecule has 2 heterocycles. The third kappa shape index (κ3) is 3.15. The molecule has 0 saturated carbocycles. The SMILES string of the molecule is CCOC(=O)c1sc2nc(-c3ccccc3)nc(-c3ccccc3)c2c1N. The van der Waals surface area contributed by atoms with Gasteiger partial charge in [0.2, 0.25) is 0 Å². The molecular formula is C21H17N3O2S. The van der Waals surface area contributed by atoms with E-state index in [1.807, 2.05) is 60.7 Å². The number of anilines is 1. The summed E-state index contributed by atoms with van der Waals surface area (Å²) in [6.07, 6.45) is 0. The Morgan fingerprint density at radius 1 is 1.00 bits per heavy atom. The third-order valence-electron chi connectivity index (χ3n) is 4.13. The van der Waals surface area contributed by atoms with E-state index in [0.29, 0.717) is 38.9 Å². The Hall–Kier alpha value is -3.25. The average molecular weight is 375 g/mol. The van der Waals surface area contributed by atoms with Crippen LogP contribution in [0, 0.1) is 0 Å². The van der Waals surface area contributed by atoms with Crippen molar-refractivity contribution >= 4 is 33.2 Å². The van der Waals surface area contributed by atoms with E-state index in [-0.39, 0.29) is 0 Å². The number of hydrogen-bond donors (Lipinski definition) is 1. The van der Waals surface area contributed by atoms with Gasteiger partial charge in [0.25, 0.3) is 0 Å². The maximum Gasteiger partial charge on any atom is 0.350 e. The van der Waals surface area contributed by atoms with Crippen LogP contribution >= 0.6 is 11.3 Å². The number of esters is 1. The van der Waals surface area contributed by atoms with Crippen LogP contribution in [0.4, 0.5) is 5.69 Å². The van der Waals surface area contributed by atoms with Crippen LogP contribution < -0.4 is 5.73 Å². The minimum atomic E-state index is -0.432. The maximum atomic E-state index is 12.3. The zero-order chi connectivity index (χ0) is 18.8. The topological polar surface area (TPSA) is 78.1 Å². The zero-order valence-corrected chi connectivity index (χ0v) is 15.5. The summed E-state index contributed by atoms with van der Waals surface area (Å²) in [5, 5.41) is 0.689. The minimum absolute atomic E-state index is 0.291. The number of nitrogens with two attached hydrogens (primary N) is 1. The van der Waals surface area contributed by atoms with Crippen molar-refractivity contribution < 1.29 is 9.53 Å². The average Bonchev–Trinajstić information content (AvgIpc) is 3.05. The monoisotopic (exact) mass is 375 g/mol. The highest BCUT2D eigenvalue weighted by atomic mass is 32.1. The molecule has 0 aliphatic heterocycles. The molecule has 6 heteroatoms. The molecule has 0 aliphatic carbocycles. The molecule has 5 nitrogen and oxygen atoms in total. The smallest absolute Gasteiger partial charge is 0.350 e. The van der Waals surface area contributed by atoms with Gasteiger partial charge < -0.3 is 10.5 Å². The van der Waals surface area contributed by atoms with Crippen LogP contribution in [0.1, 0.15) is 16.6 Å². The highest BCUT2D eigenvalue weighted by Crippen LogP contribution is 2.39. The molecule has 0 spiro atoms. The molecule has 134 valence electrons. The van der Waals surface area contributed by atoms with Crippen LogP contribution in [0.25, 0.3) is 32.9 Å². The molecule has 0 fully saturated rings. The van der Waals surface area contributed by atoms with E-state index in [4.69, 9.17) is 15.5 Å². The van der Waals surface area contributed by atoms with Crippen LogP contribution in [0.3, 0.4) is 0 Å². The van der Waals surface area contributed by atoms with E-state index in [0.717, 1.165) is 11.1 Å². The molecule has 27 heavy (non-hydrogen) atoms.